The standard InChI is InChI=1S/C22H17F3N4O5/c1-2-34-20(32)16-15-17(29(27-16)21(33)26-13-8-4-3-5-9-13)19(31)28(18(15)30)14-10-6-7-12(11-14)22(23,24)25/h3-11,15,17H,2H2,1H3,(H,26,33). The average Bonchev–Trinajstić information content (AvgIpc) is 3.31. The zero-order valence-corrected chi connectivity index (χ0v) is 17.6. The summed E-state index contributed by atoms with van der Waals surface area (Å²) in [6.07, 6.45) is -4.71. The molecule has 4 rings (SSSR count). The first kappa shape index (κ1) is 23.0. The number of para-hydroxylation sites is 1. The molecule has 1 fully saturated rings. The Morgan fingerprint density at radius 3 is 2.41 bits per heavy atom. The predicted molar refractivity (Wildman–Crippen MR) is 113 cm³/mol. The summed E-state index contributed by atoms with van der Waals surface area (Å²) in [5.74, 6) is -4.53. The number of nitrogens with one attached hydrogen (secondary N) is 1. The van der Waals surface area contributed by atoms with Crippen molar-refractivity contribution >= 4 is 40.9 Å². The van der Waals surface area contributed by atoms with Crippen LogP contribution in [0.4, 0.5) is 29.3 Å². The second-order valence-corrected chi connectivity index (χ2v) is 7.33. The Morgan fingerprint density at radius 2 is 1.76 bits per heavy atom. The fraction of sp³-hybridized carbons (Fsp3) is 0.227. The molecule has 34 heavy (non-hydrogen) atoms. The lowest BCUT2D eigenvalue weighted by Crippen LogP contribution is -2.44. The smallest absolute Gasteiger partial charge is 0.416 e. The summed E-state index contributed by atoms with van der Waals surface area (Å²) in [5.41, 5.74) is -1.54. The lowest BCUT2D eigenvalue weighted by molar-refractivity contribution is -0.137. The number of halogens is 3. The van der Waals surface area contributed by atoms with Crippen molar-refractivity contribution < 1.29 is 37.1 Å². The molecule has 0 bridgehead atoms. The number of urea groups is 1. The molecule has 2 atom stereocenters. The molecule has 2 heterocycles. The third-order valence-corrected chi connectivity index (χ3v) is 5.20. The molecule has 1 N–H and O–H groups in total. The summed E-state index contributed by atoms with van der Waals surface area (Å²) in [6, 6.07) is 9.31. The Kier molecular flexibility index (Phi) is 5.82. The fourth-order valence-corrected chi connectivity index (χ4v) is 3.73. The van der Waals surface area contributed by atoms with Crippen LogP contribution in [0.2, 0.25) is 0 Å². The van der Waals surface area contributed by atoms with E-state index in [9.17, 15) is 32.3 Å². The van der Waals surface area contributed by atoms with E-state index < -0.39 is 53.2 Å². The predicted octanol–water partition coefficient (Wildman–Crippen LogP) is 3.03. The van der Waals surface area contributed by atoms with Crippen LogP contribution in [0.3, 0.4) is 0 Å². The molecule has 0 aliphatic carbocycles. The Balaban J connectivity index is 1.72. The van der Waals surface area contributed by atoms with Crippen LogP contribution in [0.15, 0.2) is 59.7 Å². The maximum Gasteiger partial charge on any atom is 0.416 e. The molecule has 2 unspecified atom stereocenters. The Hall–Kier alpha value is -4.22. The molecule has 176 valence electrons. The number of nitrogens with zero attached hydrogens (tertiary/aromatic N) is 3. The number of amides is 4. The SMILES string of the molecule is CCOC(=O)C1=NN(C(=O)Nc2ccccc2)C2C(=O)N(c3cccc(C(F)(F)F)c3)C(=O)C12. The average molecular weight is 474 g/mol. The number of esters is 1. The topological polar surface area (TPSA) is 108 Å². The van der Waals surface area contributed by atoms with Crippen molar-refractivity contribution in [2.45, 2.75) is 19.1 Å². The van der Waals surface area contributed by atoms with Crippen molar-refractivity contribution in [2.75, 3.05) is 16.8 Å². The molecule has 1 saturated heterocycles. The van der Waals surface area contributed by atoms with Gasteiger partial charge in [-0.05, 0) is 37.3 Å². The molecule has 0 spiro atoms. The molecule has 2 aliphatic heterocycles. The quantitative estimate of drug-likeness (QED) is 0.541. The zero-order chi connectivity index (χ0) is 24.6. The van der Waals surface area contributed by atoms with Gasteiger partial charge >= 0.3 is 18.2 Å². The van der Waals surface area contributed by atoms with Crippen molar-refractivity contribution in [2.24, 2.45) is 11.0 Å². The Morgan fingerprint density at radius 1 is 1.06 bits per heavy atom. The van der Waals surface area contributed by atoms with Gasteiger partial charge in [0.1, 0.15) is 5.92 Å². The van der Waals surface area contributed by atoms with Crippen LogP contribution >= 0.6 is 0 Å². The summed E-state index contributed by atoms with van der Waals surface area (Å²) in [4.78, 5) is 52.3. The highest BCUT2D eigenvalue weighted by Gasteiger charge is 2.60. The van der Waals surface area contributed by atoms with Gasteiger partial charge in [-0.1, -0.05) is 24.3 Å². The van der Waals surface area contributed by atoms with Gasteiger partial charge in [0, 0.05) is 5.69 Å². The van der Waals surface area contributed by atoms with Gasteiger partial charge in [-0.15, -0.1) is 0 Å². The molecular weight excluding hydrogens is 457 g/mol. The second-order valence-electron chi connectivity index (χ2n) is 7.33. The number of hydrazone groups is 1. The minimum Gasteiger partial charge on any atom is -0.461 e. The van der Waals surface area contributed by atoms with E-state index in [4.69, 9.17) is 4.74 Å². The minimum atomic E-state index is -4.71. The molecule has 2 aromatic rings. The number of anilines is 2. The van der Waals surface area contributed by atoms with Crippen molar-refractivity contribution in [3.8, 4) is 0 Å². The Labute approximate surface area is 190 Å². The van der Waals surface area contributed by atoms with E-state index >= 15 is 0 Å². The van der Waals surface area contributed by atoms with Crippen LogP contribution in [-0.4, -0.2) is 47.2 Å². The van der Waals surface area contributed by atoms with Crippen molar-refractivity contribution in [3.05, 3.63) is 60.2 Å². The van der Waals surface area contributed by atoms with Gasteiger partial charge in [0.2, 0.25) is 5.91 Å². The van der Waals surface area contributed by atoms with Crippen molar-refractivity contribution in [1.82, 2.24) is 5.01 Å². The first-order valence-electron chi connectivity index (χ1n) is 10.1. The number of carbonyl (C=O) groups is 4. The van der Waals surface area contributed by atoms with E-state index in [0.717, 1.165) is 18.2 Å². The number of benzene rings is 2. The highest BCUT2D eigenvalue weighted by atomic mass is 19.4. The lowest BCUT2D eigenvalue weighted by atomic mass is 9.98. The third-order valence-electron chi connectivity index (χ3n) is 5.20. The number of rotatable bonds is 4. The van der Waals surface area contributed by atoms with Crippen LogP contribution < -0.4 is 10.2 Å². The normalized spacial score (nSPS) is 19.7. The number of alkyl halides is 3. The first-order valence-corrected chi connectivity index (χ1v) is 10.1. The maximum atomic E-state index is 13.2. The van der Waals surface area contributed by atoms with Crippen LogP contribution in [0.1, 0.15) is 12.5 Å². The number of hydrogen-bond donors (Lipinski definition) is 1. The van der Waals surface area contributed by atoms with E-state index in [0.29, 0.717) is 21.7 Å². The van der Waals surface area contributed by atoms with Gasteiger partial charge < -0.3 is 10.1 Å². The van der Waals surface area contributed by atoms with Crippen LogP contribution in [0.25, 0.3) is 0 Å². The van der Waals surface area contributed by atoms with E-state index in [1.807, 2.05) is 0 Å². The van der Waals surface area contributed by atoms with Crippen LogP contribution in [0.5, 0.6) is 0 Å². The molecule has 4 amide bonds. The molecule has 2 aromatic carbocycles. The van der Waals surface area contributed by atoms with Crippen molar-refractivity contribution in [1.29, 1.82) is 0 Å². The number of fused-ring (bicyclic) bond motifs is 1. The monoisotopic (exact) mass is 474 g/mol. The highest BCUT2D eigenvalue weighted by Crippen LogP contribution is 2.38. The summed E-state index contributed by atoms with van der Waals surface area (Å²) < 4.78 is 44.4. The van der Waals surface area contributed by atoms with Gasteiger partial charge in [-0.2, -0.15) is 18.3 Å². The summed E-state index contributed by atoms with van der Waals surface area (Å²) in [7, 11) is 0. The van der Waals surface area contributed by atoms with Gasteiger partial charge in [-0.25, -0.2) is 19.5 Å². The minimum absolute atomic E-state index is 0.0646. The molecule has 2 aliphatic rings. The van der Waals surface area contributed by atoms with Crippen molar-refractivity contribution in [3.63, 3.8) is 0 Å². The summed E-state index contributed by atoms with van der Waals surface area (Å²) in [6.45, 7) is 1.45. The van der Waals surface area contributed by atoms with E-state index in [2.05, 4.69) is 10.4 Å². The summed E-state index contributed by atoms with van der Waals surface area (Å²) in [5, 5.41) is 7.04. The second kappa shape index (κ2) is 8.61. The lowest BCUT2D eigenvalue weighted by Gasteiger charge is -2.21. The van der Waals surface area contributed by atoms with E-state index in [1.165, 1.54) is 6.92 Å². The highest BCUT2D eigenvalue weighted by molar-refractivity contribution is 6.47. The van der Waals surface area contributed by atoms with Crippen LogP contribution in [0, 0.1) is 5.92 Å². The summed E-state index contributed by atoms with van der Waals surface area (Å²) >= 11 is 0. The molecule has 0 saturated carbocycles. The fourth-order valence-electron chi connectivity index (χ4n) is 3.73. The number of carbonyl (C=O) groups excluding carboxylic acids is 4. The molecule has 12 heteroatoms. The molecular formula is C22H17F3N4O5. The van der Waals surface area contributed by atoms with Gasteiger partial charge in [-0.3, -0.25) is 9.59 Å². The van der Waals surface area contributed by atoms with Gasteiger partial charge in [0.05, 0.1) is 17.9 Å². The molecule has 0 radical (unpaired) electrons. The van der Waals surface area contributed by atoms with E-state index in [1.54, 1.807) is 30.3 Å². The number of ether oxygens (including phenoxy) is 1. The van der Waals surface area contributed by atoms with Gasteiger partial charge in [0.15, 0.2) is 11.8 Å². The van der Waals surface area contributed by atoms with Crippen LogP contribution in [-0.2, 0) is 25.3 Å². The largest absolute Gasteiger partial charge is 0.461 e. The maximum absolute atomic E-state index is 13.2. The first-order chi connectivity index (χ1) is 16.1. The van der Waals surface area contributed by atoms with Gasteiger partial charge in [0.25, 0.3) is 5.91 Å². The zero-order valence-electron chi connectivity index (χ0n) is 17.6. The molecule has 9 nitrogen and oxygen atoms in total. The van der Waals surface area contributed by atoms with E-state index in [-0.39, 0.29) is 12.3 Å². The molecule has 0 aromatic heterocycles. The number of hydrogen-bond acceptors (Lipinski definition) is 6. The Bertz CT molecular complexity index is 1200. The number of imide groups is 1. The third kappa shape index (κ3) is 3.98.